The Morgan fingerprint density at radius 3 is 3.00 bits per heavy atom. The maximum atomic E-state index is 5.45. The number of likely N-dealkylation sites (N-methyl/N-ethyl adjacent to an activating group) is 1. The van der Waals surface area contributed by atoms with Gasteiger partial charge in [0, 0.05) is 43.6 Å². The van der Waals surface area contributed by atoms with Gasteiger partial charge in [0.15, 0.2) is 0 Å². The largest absolute Gasteiger partial charge is 0.381 e. The normalized spacial score (nSPS) is 16.9. The van der Waals surface area contributed by atoms with Crippen LogP contribution in [0.1, 0.15) is 23.7 Å². The van der Waals surface area contributed by atoms with Gasteiger partial charge in [-0.3, -0.25) is 9.88 Å². The zero-order chi connectivity index (χ0) is 18.5. The van der Waals surface area contributed by atoms with Gasteiger partial charge in [0.05, 0.1) is 23.5 Å². The Balaban J connectivity index is 1.29. The van der Waals surface area contributed by atoms with Gasteiger partial charge < -0.3 is 10.1 Å². The Labute approximate surface area is 159 Å². The van der Waals surface area contributed by atoms with E-state index in [9.17, 15) is 0 Å². The van der Waals surface area contributed by atoms with E-state index in [1.54, 1.807) is 6.33 Å². The Kier molecular flexibility index (Phi) is 5.55. The van der Waals surface area contributed by atoms with Gasteiger partial charge in [0.2, 0.25) is 0 Å². The second-order valence-corrected chi connectivity index (χ2v) is 7.05. The Morgan fingerprint density at radius 1 is 1.19 bits per heavy atom. The van der Waals surface area contributed by atoms with Crippen LogP contribution in [0.5, 0.6) is 0 Å². The minimum absolute atomic E-state index is 0.398. The maximum Gasteiger partial charge on any atom is 0.129 e. The molecule has 0 amide bonds. The highest BCUT2D eigenvalue weighted by Crippen LogP contribution is 2.24. The number of aromatic nitrogens is 3. The van der Waals surface area contributed by atoms with Gasteiger partial charge in [-0.05, 0) is 25.6 Å². The van der Waals surface area contributed by atoms with Crippen LogP contribution >= 0.6 is 0 Å². The molecular weight excluding hydrogens is 338 g/mol. The summed E-state index contributed by atoms with van der Waals surface area (Å²) in [6, 6.07) is 14.5. The molecular formula is C21H25N5O. The molecule has 4 rings (SSSR count). The molecule has 1 aromatic carbocycles. The molecule has 1 aliphatic rings. The predicted octanol–water partition coefficient (Wildman–Crippen LogP) is 3.07. The molecule has 1 fully saturated rings. The number of ether oxygens (including phenoxy) is 1. The molecule has 6 heteroatoms. The lowest BCUT2D eigenvalue weighted by molar-refractivity contribution is 0.193. The van der Waals surface area contributed by atoms with E-state index in [4.69, 9.17) is 9.72 Å². The molecule has 27 heavy (non-hydrogen) atoms. The van der Waals surface area contributed by atoms with Crippen LogP contribution in [0.2, 0.25) is 0 Å². The molecule has 0 bridgehead atoms. The van der Waals surface area contributed by atoms with Crippen LogP contribution in [0.15, 0.2) is 48.8 Å². The number of rotatable bonds is 7. The van der Waals surface area contributed by atoms with Crippen molar-refractivity contribution >= 4 is 16.7 Å². The van der Waals surface area contributed by atoms with Crippen LogP contribution in [0.25, 0.3) is 10.9 Å². The number of nitrogens with zero attached hydrogens (tertiary/aromatic N) is 4. The van der Waals surface area contributed by atoms with Gasteiger partial charge in [0.1, 0.15) is 12.1 Å². The molecule has 1 N–H and O–H groups in total. The number of anilines is 1. The van der Waals surface area contributed by atoms with Gasteiger partial charge in [-0.2, -0.15) is 0 Å². The van der Waals surface area contributed by atoms with Crippen LogP contribution in [-0.2, 0) is 11.3 Å². The molecule has 2 aromatic heterocycles. The first-order chi connectivity index (χ1) is 13.3. The van der Waals surface area contributed by atoms with Crippen LogP contribution in [-0.4, -0.2) is 53.2 Å². The Morgan fingerprint density at radius 2 is 2.11 bits per heavy atom. The molecule has 3 heterocycles. The second-order valence-electron chi connectivity index (χ2n) is 7.05. The maximum absolute atomic E-state index is 5.45. The van der Waals surface area contributed by atoms with Gasteiger partial charge >= 0.3 is 0 Å². The number of benzene rings is 1. The van der Waals surface area contributed by atoms with Crippen molar-refractivity contribution in [1.82, 2.24) is 19.9 Å². The number of para-hydroxylation sites is 1. The molecule has 6 nitrogen and oxygen atoms in total. The standard InChI is InChI=1S/C21H25N5O/c1-26(13-18-7-6-16-4-2-3-5-19(16)25-18)10-9-22-21-12-20(23-15-24-21)17-8-11-27-14-17/h2-7,12,15,17H,8-11,13-14H2,1H3,(H,22,23,24)/t17-/m0/s1. The molecule has 140 valence electrons. The highest BCUT2D eigenvalue weighted by Gasteiger charge is 2.19. The first kappa shape index (κ1) is 17.8. The van der Waals surface area contributed by atoms with Crippen molar-refractivity contribution in [1.29, 1.82) is 0 Å². The van der Waals surface area contributed by atoms with E-state index in [1.165, 1.54) is 5.39 Å². The molecule has 1 aliphatic heterocycles. The van der Waals surface area contributed by atoms with Gasteiger partial charge in [-0.1, -0.05) is 24.3 Å². The molecule has 1 atom stereocenters. The van der Waals surface area contributed by atoms with Crippen LogP contribution in [0, 0.1) is 0 Å². The summed E-state index contributed by atoms with van der Waals surface area (Å²) in [5.41, 5.74) is 3.20. The van der Waals surface area contributed by atoms with Crippen molar-refractivity contribution in [2.24, 2.45) is 0 Å². The minimum Gasteiger partial charge on any atom is -0.381 e. The number of pyridine rings is 1. The van der Waals surface area contributed by atoms with Crippen LogP contribution in [0.3, 0.4) is 0 Å². The summed E-state index contributed by atoms with van der Waals surface area (Å²) in [6.07, 6.45) is 2.68. The van der Waals surface area contributed by atoms with Gasteiger partial charge in [0.25, 0.3) is 0 Å². The predicted molar refractivity (Wildman–Crippen MR) is 107 cm³/mol. The first-order valence-electron chi connectivity index (χ1n) is 9.45. The average Bonchev–Trinajstić information content (AvgIpc) is 3.23. The quantitative estimate of drug-likeness (QED) is 0.696. The van der Waals surface area contributed by atoms with E-state index in [1.807, 2.05) is 18.2 Å². The molecule has 0 saturated carbocycles. The zero-order valence-electron chi connectivity index (χ0n) is 15.6. The van der Waals surface area contributed by atoms with E-state index in [0.29, 0.717) is 5.92 Å². The fraction of sp³-hybridized carbons (Fsp3) is 0.381. The van der Waals surface area contributed by atoms with Crippen molar-refractivity contribution in [3.05, 3.63) is 60.2 Å². The van der Waals surface area contributed by atoms with E-state index >= 15 is 0 Å². The van der Waals surface area contributed by atoms with Crippen molar-refractivity contribution in [2.45, 2.75) is 18.9 Å². The molecule has 0 spiro atoms. The fourth-order valence-electron chi connectivity index (χ4n) is 3.39. The van der Waals surface area contributed by atoms with Crippen LogP contribution < -0.4 is 5.32 Å². The molecule has 0 unspecified atom stereocenters. The highest BCUT2D eigenvalue weighted by atomic mass is 16.5. The summed E-state index contributed by atoms with van der Waals surface area (Å²) >= 11 is 0. The van der Waals surface area contributed by atoms with Crippen LogP contribution in [0.4, 0.5) is 5.82 Å². The fourth-order valence-corrected chi connectivity index (χ4v) is 3.39. The van der Waals surface area contributed by atoms with Crippen molar-refractivity contribution in [3.63, 3.8) is 0 Å². The Hall–Kier alpha value is -2.57. The summed E-state index contributed by atoms with van der Waals surface area (Å²) in [6.45, 7) is 4.13. The topological polar surface area (TPSA) is 63.2 Å². The lowest BCUT2D eigenvalue weighted by Gasteiger charge is -2.17. The minimum atomic E-state index is 0.398. The van der Waals surface area contributed by atoms with E-state index in [-0.39, 0.29) is 0 Å². The van der Waals surface area contributed by atoms with Crippen molar-refractivity contribution in [2.75, 3.05) is 38.7 Å². The average molecular weight is 363 g/mol. The third kappa shape index (κ3) is 4.59. The summed E-state index contributed by atoms with van der Waals surface area (Å²) in [4.78, 5) is 15.7. The second kappa shape index (κ2) is 8.41. The van der Waals surface area contributed by atoms with E-state index in [2.05, 4.69) is 51.5 Å². The lowest BCUT2D eigenvalue weighted by atomic mass is 10.1. The summed E-state index contributed by atoms with van der Waals surface area (Å²) in [5.74, 6) is 1.28. The van der Waals surface area contributed by atoms with E-state index < -0.39 is 0 Å². The van der Waals surface area contributed by atoms with E-state index in [0.717, 1.165) is 62.0 Å². The summed E-state index contributed by atoms with van der Waals surface area (Å²) in [7, 11) is 2.11. The highest BCUT2D eigenvalue weighted by molar-refractivity contribution is 5.78. The zero-order valence-corrected chi connectivity index (χ0v) is 15.6. The lowest BCUT2D eigenvalue weighted by Crippen LogP contribution is -2.25. The number of hydrogen-bond donors (Lipinski definition) is 1. The van der Waals surface area contributed by atoms with Crippen molar-refractivity contribution in [3.8, 4) is 0 Å². The molecule has 0 radical (unpaired) electrons. The van der Waals surface area contributed by atoms with Gasteiger partial charge in [-0.15, -0.1) is 0 Å². The third-order valence-electron chi connectivity index (χ3n) is 4.92. The molecule has 1 saturated heterocycles. The number of nitrogens with one attached hydrogen (secondary N) is 1. The molecule has 0 aliphatic carbocycles. The summed E-state index contributed by atoms with van der Waals surface area (Å²) < 4.78 is 5.45. The first-order valence-corrected chi connectivity index (χ1v) is 9.45. The SMILES string of the molecule is CN(CCNc1cc([C@H]2CCOC2)ncn1)Cc1ccc2ccccc2n1. The Bertz CT molecular complexity index is 894. The van der Waals surface area contributed by atoms with Gasteiger partial charge in [-0.25, -0.2) is 9.97 Å². The summed E-state index contributed by atoms with van der Waals surface area (Å²) in [5, 5.41) is 4.58. The van der Waals surface area contributed by atoms with Crippen molar-refractivity contribution < 1.29 is 4.74 Å². The number of hydrogen-bond acceptors (Lipinski definition) is 6. The monoisotopic (exact) mass is 363 g/mol. The number of fused-ring (bicyclic) bond motifs is 1. The third-order valence-corrected chi connectivity index (χ3v) is 4.92. The smallest absolute Gasteiger partial charge is 0.129 e. The molecule has 3 aromatic rings.